The maximum absolute atomic E-state index is 12.4. The first-order chi connectivity index (χ1) is 8.09. The van der Waals surface area contributed by atoms with Crippen molar-refractivity contribution in [3.63, 3.8) is 0 Å². The summed E-state index contributed by atoms with van der Waals surface area (Å²) in [5.74, 6) is 0.646. The predicted molar refractivity (Wildman–Crippen MR) is 67.8 cm³/mol. The molecule has 0 heterocycles. The van der Waals surface area contributed by atoms with Gasteiger partial charge in [0.2, 0.25) is 0 Å². The minimum Gasteiger partial charge on any atom is -0.392 e. The van der Waals surface area contributed by atoms with E-state index in [-0.39, 0.29) is 17.6 Å². The van der Waals surface area contributed by atoms with Crippen LogP contribution in [-0.4, -0.2) is 17.0 Å². The maximum Gasteiger partial charge on any atom is 0.168 e. The number of carbonyl (C=O) groups excluding carboxylic acids is 1. The fourth-order valence-electron chi connectivity index (χ4n) is 3.04. The highest BCUT2D eigenvalue weighted by molar-refractivity contribution is 5.98. The molecule has 1 saturated carbocycles. The summed E-state index contributed by atoms with van der Waals surface area (Å²) < 4.78 is 0. The number of Topliss-reactive ketones (excluding diaryl/α,β-unsaturated/α-hetero) is 1. The highest BCUT2D eigenvalue weighted by Crippen LogP contribution is 2.35. The lowest BCUT2D eigenvalue weighted by atomic mass is 9.71. The highest BCUT2D eigenvalue weighted by Gasteiger charge is 2.37. The molecule has 0 aromatic heterocycles. The molecule has 0 spiro atoms. The molecule has 0 aliphatic heterocycles. The van der Waals surface area contributed by atoms with Gasteiger partial charge in [-0.25, -0.2) is 0 Å². The van der Waals surface area contributed by atoms with E-state index in [1.54, 1.807) is 0 Å². The number of ketones is 1. The van der Waals surface area contributed by atoms with Crippen molar-refractivity contribution in [1.29, 1.82) is 0 Å². The van der Waals surface area contributed by atoms with Crippen LogP contribution in [0.1, 0.15) is 37.0 Å². The van der Waals surface area contributed by atoms with Crippen molar-refractivity contribution in [3.8, 4) is 0 Å². The molecule has 4 atom stereocenters. The highest BCUT2D eigenvalue weighted by atomic mass is 16.3. The average molecular weight is 232 g/mol. The lowest BCUT2D eigenvalue weighted by Gasteiger charge is -2.35. The second-order valence-electron chi connectivity index (χ2n) is 5.38. The van der Waals surface area contributed by atoms with E-state index in [2.05, 4.69) is 13.8 Å². The zero-order valence-corrected chi connectivity index (χ0v) is 10.5. The van der Waals surface area contributed by atoms with Gasteiger partial charge < -0.3 is 5.11 Å². The summed E-state index contributed by atoms with van der Waals surface area (Å²) in [6, 6.07) is 9.31. The molecule has 1 N–H and O–H groups in total. The Morgan fingerprint density at radius 3 is 2.41 bits per heavy atom. The second kappa shape index (κ2) is 5.01. The van der Waals surface area contributed by atoms with E-state index in [4.69, 9.17) is 0 Å². The summed E-state index contributed by atoms with van der Waals surface area (Å²) in [6.07, 6.45) is 1.29. The van der Waals surface area contributed by atoms with Crippen LogP contribution >= 0.6 is 0 Å². The van der Waals surface area contributed by atoms with E-state index in [1.165, 1.54) is 0 Å². The molecule has 1 aromatic rings. The summed E-state index contributed by atoms with van der Waals surface area (Å²) in [6.45, 7) is 4.22. The molecule has 2 heteroatoms. The molecule has 1 aromatic carbocycles. The standard InChI is InChI=1S/C15H20O2/c1-10-8-11(2)14(13(16)9-10)15(17)12-6-4-3-5-7-12/h3-7,10-11,13-14,16H,8-9H2,1-2H3/t10-,11+,13-,14-/m1/s1. The number of hydrogen-bond acceptors (Lipinski definition) is 2. The van der Waals surface area contributed by atoms with Crippen LogP contribution in [0.25, 0.3) is 0 Å². The molecule has 1 aliphatic rings. The fourth-order valence-corrected chi connectivity index (χ4v) is 3.04. The maximum atomic E-state index is 12.4. The largest absolute Gasteiger partial charge is 0.392 e. The molecular formula is C15H20O2. The number of hydrogen-bond donors (Lipinski definition) is 1. The van der Waals surface area contributed by atoms with Crippen LogP contribution in [0.2, 0.25) is 0 Å². The van der Waals surface area contributed by atoms with E-state index in [1.807, 2.05) is 30.3 Å². The van der Waals surface area contributed by atoms with Crippen LogP contribution < -0.4 is 0 Å². The predicted octanol–water partition coefficient (Wildman–Crippen LogP) is 2.91. The van der Waals surface area contributed by atoms with Gasteiger partial charge in [0, 0.05) is 5.56 Å². The van der Waals surface area contributed by atoms with Crippen molar-refractivity contribution in [1.82, 2.24) is 0 Å². The molecule has 92 valence electrons. The Morgan fingerprint density at radius 1 is 1.18 bits per heavy atom. The minimum atomic E-state index is -0.485. The Hall–Kier alpha value is -1.15. The van der Waals surface area contributed by atoms with Crippen molar-refractivity contribution < 1.29 is 9.90 Å². The molecule has 1 aliphatic carbocycles. The average Bonchev–Trinajstić information content (AvgIpc) is 2.28. The van der Waals surface area contributed by atoms with E-state index in [0.717, 1.165) is 18.4 Å². The normalized spacial score (nSPS) is 33.4. The van der Waals surface area contributed by atoms with Gasteiger partial charge in [-0.3, -0.25) is 4.79 Å². The molecule has 17 heavy (non-hydrogen) atoms. The third-order valence-corrected chi connectivity index (χ3v) is 3.81. The van der Waals surface area contributed by atoms with Gasteiger partial charge in [-0.2, -0.15) is 0 Å². The number of aliphatic hydroxyl groups is 1. The minimum absolute atomic E-state index is 0.0949. The van der Waals surface area contributed by atoms with Gasteiger partial charge in [-0.05, 0) is 24.7 Å². The first kappa shape index (κ1) is 12.3. The van der Waals surface area contributed by atoms with Crippen LogP contribution in [0.4, 0.5) is 0 Å². The van der Waals surface area contributed by atoms with Crippen LogP contribution in [0.3, 0.4) is 0 Å². The van der Waals surface area contributed by atoms with Crippen molar-refractivity contribution in [2.24, 2.45) is 17.8 Å². The summed E-state index contributed by atoms with van der Waals surface area (Å²) in [7, 11) is 0. The van der Waals surface area contributed by atoms with Gasteiger partial charge in [0.15, 0.2) is 5.78 Å². The number of benzene rings is 1. The smallest absolute Gasteiger partial charge is 0.168 e. The third-order valence-electron chi connectivity index (χ3n) is 3.81. The fraction of sp³-hybridized carbons (Fsp3) is 0.533. The molecule has 2 rings (SSSR count). The van der Waals surface area contributed by atoms with Gasteiger partial charge in [0.05, 0.1) is 12.0 Å². The lowest BCUT2D eigenvalue weighted by molar-refractivity contribution is 0.0190. The topological polar surface area (TPSA) is 37.3 Å². The molecule has 2 nitrogen and oxygen atoms in total. The monoisotopic (exact) mass is 232 g/mol. The second-order valence-corrected chi connectivity index (χ2v) is 5.38. The Balaban J connectivity index is 2.19. The van der Waals surface area contributed by atoms with E-state index in [9.17, 15) is 9.90 Å². The number of carbonyl (C=O) groups is 1. The van der Waals surface area contributed by atoms with Crippen molar-refractivity contribution in [2.45, 2.75) is 32.8 Å². The summed E-state index contributed by atoms with van der Waals surface area (Å²) in [5, 5.41) is 10.1. The molecule has 0 bridgehead atoms. The van der Waals surface area contributed by atoms with Crippen molar-refractivity contribution in [3.05, 3.63) is 35.9 Å². The van der Waals surface area contributed by atoms with Gasteiger partial charge in [-0.15, -0.1) is 0 Å². The number of rotatable bonds is 2. The molecule has 0 amide bonds. The Labute approximate surface area is 103 Å². The van der Waals surface area contributed by atoms with E-state index >= 15 is 0 Å². The first-order valence-electron chi connectivity index (χ1n) is 6.37. The SMILES string of the molecule is C[C@H]1C[C@@H](O)[C@H](C(=O)c2ccccc2)[C@@H](C)C1. The number of aliphatic hydroxyl groups excluding tert-OH is 1. The molecule has 0 radical (unpaired) electrons. The third kappa shape index (κ3) is 2.58. The lowest BCUT2D eigenvalue weighted by Crippen LogP contribution is -2.39. The molecular weight excluding hydrogens is 212 g/mol. The Morgan fingerprint density at radius 2 is 1.82 bits per heavy atom. The van der Waals surface area contributed by atoms with E-state index < -0.39 is 6.10 Å². The van der Waals surface area contributed by atoms with Crippen LogP contribution in [0, 0.1) is 17.8 Å². The van der Waals surface area contributed by atoms with Crippen LogP contribution in [0.15, 0.2) is 30.3 Å². The summed E-state index contributed by atoms with van der Waals surface area (Å²) in [4.78, 5) is 12.4. The summed E-state index contributed by atoms with van der Waals surface area (Å²) >= 11 is 0. The molecule has 1 fully saturated rings. The Bertz CT molecular complexity index is 373. The van der Waals surface area contributed by atoms with Crippen LogP contribution in [0.5, 0.6) is 0 Å². The van der Waals surface area contributed by atoms with Gasteiger partial charge in [0.1, 0.15) is 0 Å². The molecule has 0 unspecified atom stereocenters. The van der Waals surface area contributed by atoms with Crippen LogP contribution in [-0.2, 0) is 0 Å². The van der Waals surface area contributed by atoms with Crippen molar-refractivity contribution >= 4 is 5.78 Å². The zero-order chi connectivity index (χ0) is 12.4. The summed E-state index contributed by atoms with van der Waals surface area (Å²) in [5.41, 5.74) is 0.720. The van der Waals surface area contributed by atoms with Gasteiger partial charge in [0.25, 0.3) is 0 Å². The van der Waals surface area contributed by atoms with Gasteiger partial charge in [-0.1, -0.05) is 44.2 Å². The van der Waals surface area contributed by atoms with E-state index in [0.29, 0.717) is 5.92 Å². The molecule has 0 saturated heterocycles. The van der Waals surface area contributed by atoms with Crippen molar-refractivity contribution in [2.75, 3.05) is 0 Å². The quantitative estimate of drug-likeness (QED) is 0.796. The van der Waals surface area contributed by atoms with Gasteiger partial charge >= 0.3 is 0 Å². The Kier molecular flexibility index (Phi) is 3.63. The first-order valence-corrected chi connectivity index (χ1v) is 6.37. The zero-order valence-electron chi connectivity index (χ0n) is 10.5.